The van der Waals surface area contributed by atoms with Gasteiger partial charge in [-0.1, -0.05) is 18.2 Å². The first-order valence-corrected chi connectivity index (χ1v) is 9.11. The van der Waals surface area contributed by atoms with Crippen LogP contribution in [0.3, 0.4) is 0 Å². The molecule has 0 atom stereocenters. The second kappa shape index (κ2) is 9.05. The Hall–Kier alpha value is -3.05. The standard InChI is InChI=1S/C22H18FNO2S/c1-26-20-11-2-16(3-12-20)4-15-22(25)17-5-9-19(10-6-17)24-27-21-13-7-18(23)8-14-21/h2-15,24H,1H3/b15-4+. The summed E-state index contributed by atoms with van der Waals surface area (Å²) in [6.45, 7) is 0. The van der Waals surface area contributed by atoms with E-state index < -0.39 is 0 Å². The van der Waals surface area contributed by atoms with Crippen LogP contribution >= 0.6 is 11.9 Å². The molecular formula is C22H18FNO2S. The number of allylic oxidation sites excluding steroid dienone is 1. The summed E-state index contributed by atoms with van der Waals surface area (Å²) < 4.78 is 21.2. The van der Waals surface area contributed by atoms with E-state index >= 15 is 0 Å². The van der Waals surface area contributed by atoms with E-state index in [-0.39, 0.29) is 11.6 Å². The van der Waals surface area contributed by atoms with Crippen LogP contribution in [-0.4, -0.2) is 12.9 Å². The lowest BCUT2D eigenvalue weighted by molar-refractivity contribution is 0.104. The van der Waals surface area contributed by atoms with Gasteiger partial charge in [-0.3, -0.25) is 4.79 Å². The molecule has 0 bridgehead atoms. The van der Waals surface area contributed by atoms with Crippen LogP contribution < -0.4 is 9.46 Å². The van der Waals surface area contributed by atoms with Gasteiger partial charge in [0.1, 0.15) is 11.6 Å². The summed E-state index contributed by atoms with van der Waals surface area (Å²) in [6.07, 6.45) is 3.33. The fraction of sp³-hybridized carbons (Fsp3) is 0.0455. The van der Waals surface area contributed by atoms with Crippen molar-refractivity contribution < 1.29 is 13.9 Å². The van der Waals surface area contributed by atoms with E-state index in [2.05, 4.69) is 4.72 Å². The highest BCUT2D eigenvalue weighted by atomic mass is 32.2. The van der Waals surface area contributed by atoms with Crippen molar-refractivity contribution in [3.63, 3.8) is 0 Å². The molecule has 136 valence electrons. The first-order valence-electron chi connectivity index (χ1n) is 8.29. The Morgan fingerprint density at radius 3 is 2.26 bits per heavy atom. The van der Waals surface area contributed by atoms with Gasteiger partial charge in [0, 0.05) is 16.1 Å². The van der Waals surface area contributed by atoms with Gasteiger partial charge >= 0.3 is 0 Å². The molecule has 0 saturated heterocycles. The summed E-state index contributed by atoms with van der Waals surface area (Å²) >= 11 is 1.38. The van der Waals surface area contributed by atoms with Crippen molar-refractivity contribution in [3.05, 3.63) is 95.8 Å². The number of ketones is 1. The van der Waals surface area contributed by atoms with Gasteiger partial charge in [-0.25, -0.2) is 4.39 Å². The molecular weight excluding hydrogens is 361 g/mol. The average molecular weight is 379 g/mol. The number of ether oxygens (including phenoxy) is 1. The average Bonchev–Trinajstić information content (AvgIpc) is 2.72. The van der Waals surface area contributed by atoms with Crippen LogP contribution in [0, 0.1) is 5.82 Å². The number of rotatable bonds is 7. The van der Waals surface area contributed by atoms with Crippen molar-refractivity contribution in [3.8, 4) is 5.75 Å². The van der Waals surface area contributed by atoms with Gasteiger partial charge in [-0.05, 0) is 84.3 Å². The first kappa shape index (κ1) is 18.7. The normalized spacial score (nSPS) is 10.7. The van der Waals surface area contributed by atoms with Crippen LogP contribution in [0.5, 0.6) is 5.75 Å². The highest BCUT2D eigenvalue weighted by Crippen LogP contribution is 2.22. The number of hydrogen-bond acceptors (Lipinski definition) is 4. The van der Waals surface area contributed by atoms with Gasteiger partial charge in [-0.15, -0.1) is 0 Å². The Labute approximate surface area is 162 Å². The highest BCUT2D eigenvalue weighted by molar-refractivity contribution is 8.00. The van der Waals surface area contributed by atoms with Crippen molar-refractivity contribution in [1.29, 1.82) is 0 Å². The van der Waals surface area contributed by atoms with Crippen LogP contribution in [0.1, 0.15) is 15.9 Å². The third-order valence-electron chi connectivity index (χ3n) is 3.81. The van der Waals surface area contributed by atoms with E-state index in [9.17, 15) is 9.18 Å². The second-order valence-corrected chi connectivity index (χ2v) is 6.59. The molecule has 0 aliphatic rings. The first-order chi connectivity index (χ1) is 13.1. The van der Waals surface area contributed by atoms with Crippen LogP contribution in [0.25, 0.3) is 6.08 Å². The van der Waals surface area contributed by atoms with Gasteiger partial charge in [0.2, 0.25) is 0 Å². The van der Waals surface area contributed by atoms with Crippen molar-refractivity contribution in [2.24, 2.45) is 0 Å². The lowest BCUT2D eigenvalue weighted by Crippen LogP contribution is -1.94. The van der Waals surface area contributed by atoms with Crippen molar-refractivity contribution in [2.45, 2.75) is 4.90 Å². The second-order valence-electron chi connectivity index (χ2n) is 5.71. The maximum absolute atomic E-state index is 12.9. The Morgan fingerprint density at radius 1 is 0.963 bits per heavy atom. The molecule has 0 spiro atoms. The molecule has 3 rings (SSSR count). The van der Waals surface area contributed by atoms with Gasteiger partial charge in [0.05, 0.1) is 7.11 Å². The fourth-order valence-electron chi connectivity index (χ4n) is 2.31. The molecule has 0 heterocycles. The SMILES string of the molecule is COc1ccc(/C=C/C(=O)c2ccc(NSc3ccc(F)cc3)cc2)cc1. The van der Waals surface area contributed by atoms with Gasteiger partial charge in [-0.2, -0.15) is 0 Å². The lowest BCUT2D eigenvalue weighted by atomic mass is 10.1. The number of benzene rings is 3. The maximum atomic E-state index is 12.9. The molecule has 1 N–H and O–H groups in total. The van der Waals surface area contributed by atoms with E-state index in [1.807, 2.05) is 36.4 Å². The zero-order valence-corrected chi connectivity index (χ0v) is 15.5. The summed E-state index contributed by atoms with van der Waals surface area (Å²) in [4.78, 5) is 13.2. The molecule has 0 radical (unpaired) electrons. The Kier molecular flexibility index (Phi) is 6.28. The minimum Gasteiger partial charge on any atom is -0.497 e. The summed E-state index contributed by atoms with van der Waals surface area (Å²) in [6, 6.07) is 20.9. The van der Waals surface area contributed by atoms with E-state index in [0.29, 0.717) is 5.56 Å². The Bertz CT molecular complexity index is 920. The number of carbonyl (C=O) groups excluding carboxylic acids is 1. The predicted molar refractivity (Wildman–Crippen MR) is 109 cm³/mol. The molecule has 0 saturated carbocycles. The Balaban J connectivity index is 1.57. The molecule has 0 aliphatic heterocycles. The summed E-state index contributed by atoms with van der Waals surface area (Å²) in [5.41, 5.74) is 2.40. The summed E-state index contributed by atoms with van der Waals surface area (Å²) in [5.74, 6) is 0.452. The number of halogens is 1. The fourth-order valence-corrected chi connectivity index (χ4v) is 2.95. The number of hydrogen-bond donors (Lipinski definition) is 1. The van der Waals surface area contributed by atoms with Crippen LogP contribution in [0.2, 0.25) is 0 Å². The van der Waals surface area contributed by atoms with Crippen LogP contribution in [0.15, 0.2) is 83.8 Å². The molecule has 0 aliphatic carbocycles. The van der Waals surface area contributed by atoms with E-state index in [1.54, 1.807) is 43.5 Å². The predicted octanol–water partition coefficient (Wildman–Crippen LogP) is 5.85. The van der Waals surface area contributed by atoms with Gasteiger partial charge in [0.15, 0.2) is 5.78 Å². The van der Waals surface area contributed by atoms with Crippen molar-refractivity contribution in [1.82, 2.24) is 0 Å². The number of nitrogens with one attached hydrogen (secondary N) is 1. The molecule has 0 aromatic heterocycles. The van der Waals surface area contributed by atoms with Gasteiger partial charge in [0.25, 0.3) is 0 Å². The molecule has 3 nitrogen and oxygen atoms in total. The topological polar surface area (TPSA) is 38.3 Å². The van der Waals surface area contributed by atoms with E-state index in [1.165, 1.54) is 24.1 Å². The smallest absolute Gasteiger partial charge is 0.185 e. The molecule has 0 unspecified atom stereocenters. The highest BCUT2D eigenvalue weighted by Gasteiger charge is 2.03. The Morgan fingerprint density at radius 2 is 1.63 bits per heavy atom. The molecule has 0 amide bonds. The third kappa shape index (κ3) is 5.46. The molecule has 5 heteroatoms. The molecule has 27 heavy (non-hydrogen) atoms. The largest absolute Gasteiger partial charge is 0.497 e. The number of methoxy groups -OCH3 is 1. The minimum atomic E-state index is -0.259. The van der Waals surface area contributed by atoms with Crippen molar-refractivity contribution in [2.75, 3.05) is 11.8 Å². The lowest BCUT2D eigenvalue weighted by Gasteiger charge is -2.06. The number of carbonyl (C=O) groups is 1. The van der Waals surface area contributed by atoms with Gasteiger partial charge < -0.3 is 9.46 Å². The molecule has 3 aromatic carbocycles. The number of anilines is 1. The third-order valence-corrected chi connectivity index (χ3v) is 4.66. The van der Waals surface area contributed by atoms with E-state index in [0.717, 1.165) is 21.9 Å². The minimum absolute atomic E-state index is 0.0662. The monoisotopic (exact) mass is 379 g/mol. The molecule has 3 aromatic rings. The molecule has 0 fully saturated rings. The zero-order chi connectivity index (χ0) is 19.1. The maximum Gasteiger partial charge on any atom is 0.185 e. The van der Waals surface area contributed by atoms with E-state index in [4.69, 9.17) is 4.74 Å². The van der Waals surface area contributed by atoms with Crippen LogP contribution in [-0.2, 0) is 0 Å². The van der Waals surface area contributed by atoms with Crippen molar-refractivity contribution >= 4 is 29.5 Å². The summed E-state index contributed by atoms with van der Waals surface area (Å²) in [7, 11) is 1.62. The zero-order valence-electron chi connectivity index (χ0n) is 14.7. The quantitative estimate of drug-likeness (QED) is 0.317. The summed E-state index contributed by atoms with van der Waals surface area (Å²) in [5, 5.41) is 0. The van der Waals surface area contributed by atoms with Crippen LogP contribution in [0.4, 0.5) is 10.1 Å².